The zero-order valence-corrected chi connectivity index (χ0v) is 13.9. The van der Waals surface area contributed by atoms with E-state index < -0.39 is 10.0 Å². The highest BCUT2D eigenvalue weighted by molar-refractivity contribution is 9.10. The van der Waals surface area contributed by atoms with Gasteiger partial charge in [-0.1, -0.05) is 12.8 Å². The molecular weight excluding hydrogens is 362 g/mol. The molecule has 0 bridgehead atoms. The van der Waals surface area contributed by atoms with Gasteiger partial charge >= 0.3 is 0 Å². The van der Waals surface area contributed by atoms with E-state index in [-0.39, 0.29) is 34.1 Å². The SMILES string of the molecule is O=S(=O)(c1cc(CO)oc1Br)N1CCOC2CCCCC21. The van der Waals surface area contributed by atoms with Gasteiger partial charge in [0.15, 0.2) is 4.67 Å². The summed E-state index contributed by atoms with van der Waals surface area (Å²) in [5.41, 5.74) is 0. The number of morpholine rings is 1. The zero-order chi connectivity index (χ0) is 15.0. The van der Waals surface area contributed by atoms with Crippen LogP contribution in [0.3, 0.4) is 0 Å². The van der Waals surface area contributed by atoms with Crippen molar-refractivity contribution in [1.29, 1.82) is 0 Å². The van der Waals surface area contributed by atoms with Crippen LogP contribution in [0.4, 0.5) is 0 Å². The second-order valence-electron chi connectivity index (χ2n) is 5.39. The number of hydrogen-bond donors (Lipinski definition) is 1. The van der Waals surface area contributed by atoms with Crippen molar-refractivity contribution in [1.82, 2.24) is 4.31 Å². The maximum Gasteiger partial charge on any atom is 0.247 e. The molecule has 0 radical (unpaired) electrons. The molecule has 1 aromatic heterocycles. The lowest BCUT2D eigenvalue weighted by Gasteiger charge is -2.42. The molecule has 1 aliphatic heterocycles. The topological polar surface area (TPSA) is 80.0 Å². The summed E-state index contributed by atoms with van der Waals surface area (Å²) in [4.78, 5) is 0.0813. The van der Waals surface area contributed by atoms with Crippen molar-refractivity contribution in [2.24, 2.45) is 0 Å². The minimum absolute atomic E-state index is 0.00902. The van der Waals surface area contributed by atoms with Gasteiger partial charge in [-0.05, 0) is 28.8 Å². The minimum atomic E-state index is -3.65. The van der Waals surface area contributed by atoms with E-state index in [1.165, 1.54) is 10.4 Å². The number of aliphatic hydroxyl groups is 1. The number of ether oxygens (including phenoxy) is 1. The van der Waals surface area contributed by atoms with E-state index in [1.54, 1.807) is 0 Å². The Kier molecular flexibility index (Phi) is 4.42. The van der Waals surface area contributed by atoms with Crippen LogP contribution in [0.5, 0.6) is 0 Å². The van der Waals surface area contributed by atoms with Crippen LogP contribution < -0.4 is 0 Å². The molecule has 8 heteroatoms. The summed E-state index contributed by atoms with van der Waals surface area (Å²) in [6, 6.07) is 1.28. The third-order valence-electron chi connectivity index (χ3n) is 4.13. The van der Waals surface area contributed by atoms with E-state index in [9.17, 15) is 8.42 Å². The van der Waals surface area contributed by atoms with Crippen molar-refractivity contribution in [3.05, 3.63) is 16.5 Å². The van der Waals surface area contributed by atoms with Gasteiger partial charge in [0.1, 0.15) is 17.3 Å². The van der Waals surface area contributed by atoms with E-state index in [0.29, 0.717) is 13.2 Å². The molecule has 0 aromatic carbocycles. The fourth-order valence-electron chi connectivity index (χ4n) is 3.14. The molecular formula is C13H18BrNO5S. The summed E-state index contributed by atoms with van der Waals surface area (Å²) in [6.07, 6.45) is 3.83. The molecule has 1 saturated heterocycles. The number of hydrogen-bond acceptors (Lipinski definition) is 5. The van der Waals surface area contributed by atoms with Crippen LogP contribution in [-0.2, 0) is 21.4 Å². The molecule has 2 heterocycles. The first kappa shape index (κ1) is 15.5. The third kappa shape index (κ3) is 2.79. The van der Waals surface area contributed by atoms with Crippen molar-refractivity contribution in [2.75, 3.05) is 13.2 Å². The van der Waals surface area contributed by atoms with E-state index >= 15 is 0 Å². The zero-order valence-electron chi connectivity index (χ0n) is 11.5. The molecule has 1 aliphatic carbocycles. The Hall–Kier alpha value is -0.410. The summed E-state index contributed by atoms with van der Waals surface area (Å²) in [5.74, 6) is 0.230. The van der Waals surface area contributed by atoms with Gasteiger partial charge in [-0.2, -0.15) is 4.31 Å². The van der Waals surface area contributed by atoms with E-state index in [0.717, 1.165) is 25.7 Å². The summed E-state index contributed by atoms with van der Waals surface area (Å²) < 4.78 is 38.4. The highest BCUT2D eigenvalue weighted by Crippen LogP contribution is 2.35. The number of nitrogens with zero attached hydrogens (tertiary/aromatic N) is 1. The lowest BCUT2D eigenvalue weighted by Crippen LogP contribution is -2.54. The number of aliphatic hydroxyl groups excluding tert-OH is 1. The third-order valence-corrected chi connectivity index (χ3v) is 6.91. The molecule has 6 nitrogen and oxygen atoms in total. The van der Waals surface area contributed by atoms with Gasteiger partial charge in [-0.15, -0.1) is 0 Å². The maximum atomic E-state index is 12.9. The number of halogens is 1. The lowest BCUT2D eigenvalue weighted by atomic mass is 9.91. The fourth-order valence-corrected chi connectivity index (χ4v) is 5.76. The number of fused-ring (bicyclic) bond motifs is 1. The molecule has 2 fully saturated rings. The van der Waals surface area contributed by atoms with Crippen molar-refractivity contribution in [2.45, 2.75) is 49.3 Å². The van der Waals surface area contributed by atoms with Crippen LogP contribution in [-0.4, -0.2) is 43.1 Å². The summed E-state index contributed by atoms with van der Waals surface area (Å²) in [5, 5.41) is 9.10. The fraction of sp³-hybridized carbons (Fsp3) is 0.692. The molecule has 2 unspecified atom stereocenters. The average molecular weight is 380 g/mol. The first-order chi connectivity index (χ1) is 10.0. The highest BCUT2D eigenvalue weighted by Gasteiger charge is 2.42. The first-order valence-electron chi connectivity index (χ1n) is 7.06. The number of rotatable bonds is 3. The largest absolute Gasteiger partial charge is 0.450 e. The Bertz CT molecular complexity index is 612. The smallest absolute Gasteiger partial charge is 0.247 e. The number of sulfonamides is 1. The normalized spacial score (nSPS) is 27.5. The summed E-state index contributed by atoms with van der Waals surface area (Å²) >= 11 is 3.13. The Morgan fingerprint density at radius 1 is 1.38 bits per heavy atom. The Balaban J connectivity index is 1.94. The molecule has 2 atom stereocenters. The van der Waals surface area contributed by atoms with Crippen molar-refractivity contribution < 1.29 is 22.7 Å². The van der Waals surface area contributed by atoms with Gasteiger partial charge < -0.3 is 14.3 Å². The molecule has 0 spiro atoms. The van der Waals surface area contributed by atoms with Gasteiger partial charge in [0.25, 0.3) is 0 Å². The first-order valence-corrected chi connectivity index (χ1v) is 9.30. The maximum absolute atomic E-state index is 12.9. The van der Waals surface area contributed by atoms with Crippen LogP contribution in [0.25, 0.3) is 0 Å². The second kappa shape index (κ2) is 6.00. The monoisotopic (exact) mass is 379 g/mol. The molecule has 118 valence electrons. The van der Waals surface area contributed by atoms with Crippen LogP contribution in [0.2, 0.25) is 0 Å². The lowest BCUT2D eigenvalue weighted by molar-refractivity contribution is -0.0586. The van der Waals surface area contributed by atoms with E-state index in [2.05, 4.69) is 15.9 Å². The van der Waals surface area contributed by atoms with Gasteiger partial charge in [0.2, 0.25) is 10.0 Å². The highest BCUT2D eigenvalue weighted by atomic mass is 79.9. The van der Waals surface area contributed by atoms with Crippen LogP contribution in [0, 0.1) is 0 Å². The molecule has 0 amide bonds. The van der Waals surface area contributed by atoms with E-state index in [4.69, 9.17) is 14.3 Å². The second-order valence-corrected chi connectivity index (χ2v) is 7.96. The molecule has 3 rings (SSSR count). The molecule has 1 N–H and O–H groups in total. The Morgan fingerprint density at radius 3 is 2.86 bits per heavy atom. The minimum Gasteiger partial charge on any atom is -0.450 e. The van der Waals surface area contributed by atoms with Gasteiger partial charge in [-0.25, -0.2) is 8.42 Å². The molecule has 1 aromatic rings. The molecule has 2 aliphatic rings. The predicted molar refractivity (Wildman–Crippen MR) is 78.2 cm³/mol. The van der Waals surface area contributed by atoms with Crippen LogP contribution in [0.1, 0.15) is 31.4 Å². The van der Waals surface area contributed by atoms with Crippen molar-refractivity contribution >= 4 is 26.0 Å². The standard InChI is InChI=1S/C13H18BrNO5S/c14-13-12(7-9(8-16)20-13)21(17,18)15-5-6-19-11-4-2-1-3-10(11)15/h7,10-11,16H,1-6,8H2. The van der Waals surface area contributed by atoms with Crippen LogP contribution >= 0.6 is 15.9 Å². The van der Waals surface area contributed by atoms with Gasteiger partial charge in [-0.3, -0.25) is 0 Å². The quantitative estimate of drug-likeness (QED) is 0.866. The van der Waals surface area contributed by atoms with E-state index in [1.807, 2.05) is 0 Å². The number of furan rings is 1. The van der Waals surface area contributed by atoms with Gasteiger partial charge in [0, 0.05) is 12.6 Å². The molecule has 21 heavy (non-hydrogen) atoms. The Morgan fingerprint density at radius 2 is 2.14 bits per heavy atom. The molecule has 1 saturated carbocycles. The summed E-state index contributed by atoms with van der Waals surface area (Å²) in [6.45, 7) is 0.446. The Labute approximate surface area is 132 Å². The van der Waals surface area contributed by atoms with Crippen molar-refractivity contribution in [3.8, 4) is 0 Å². The van der Waals surface area contributed by atoms with Gasteiger partial charge in [0.05, 0.1) is 18.8 Å². The predicted octanol–water partition coefficient (Wildman–Crippen LogP) is 1.87. The van der Waals surface area contributed by atoms with Crippen LogP contribution in [0.15, 0.2) is 20.0 Å². The van der Waals surface area contributed by atoms with Crippen molar-refractivity contribution in [3.63, 3.8) is 0 Å². The summed E-state index contributed by atoms with van der Waals surface area (Å²) in [7, 11) is -3.65. The average Bonchev–Trinajstić information content (AvgIpc) is 2.88.